The van der Waals surface area contributed by atoms with E-state index >= 15 is 0 Å². The Hall–Kier alpha value is -1.28. The van der Waals surface area contributed by atoms with Gasteiger partial charge in [-0.2, -0.15) is 4.84 Å². The fourth-order valence-electron chi connectivity index (χ4n) is 1.88. The first kappa shape index (κ1) is 15.8. The molecule has 0 bridgehead atoms. The number of rotatable bonds is 3. The lowest BCUT2D eigenvalue weighted by molar-refractivity contribution is -0.989. The molecule has 19 heavy (non-hydrogen) atoms. The number of hydrogen-bond donors (Lipinski definition) is 2. The van der Waals surface area contributed by atoms with Crippen molar-refractivity contribution in [2.45, 2.75) is 32.5 Å². The van der Waals surface area contributed by atoms with Crippen molar-refractivity contribution in [2.24, 2.45) is 0 Å². The summed E-state index contributed by atoms with van der Waals surface area (Å²) in [6.07, 6.45) is 3.59. The Morgan fingerprint density at radius 1 is 1.53 bits per heavy atom. The van der Waals surface area contributed by atoms with Gasteiger partial charge in [-0.25, -0.2) is 10.1 Å². The number of amides is 3. The van der Waals surface area contributed by atoms with Gasteiger partial charge in [0.2, 0.25) is 0 Å². The number of aliphatic hydroxyl groups is 1. The van der Waals surface area contributed by atoms with Crippen molar-refractivity contribution in [2.75, 3.05) is 20.3 Å². The summed E-state index contributed by atoms with van der Waals surface area (Å²) in [5.41, 5.74) is 0. The van der Waals surface area contributed by atoms with Crippen LogP contribution in [-0.4, -0.2) is 54.2 Å². The molecule has 1 fully saturated rings. The largest absolute Gasteiger partial charge is 0.460 e. The van der Waals surface area contributed by atoms with Gasteiger partial charge in [-0.1, -0.05) is 4.65 Å². The minimum Gasteiger partial charge on any atom is -0.400 e. The molecule has 7 heteroatoms. The highest BCUT2D eigenvalue weighted by molar-refractivity contribution is 5.99. The fraction of sp³-hybridized carbons (Fsp3) is 0.667. The van der Waals surface area contributed by atoms with Crippen LogP contribution in [0.4, 0.5) is 4.79 Å². The number of hydrogen-bond acceptors (Lipinski definition) is 5. The third-order valence-electron chi connectivity index (χ3n) is 2.78. The Labute approximate surface area is 112 Å². The van der Waals surface area contributed by atoms with E-state index in [1.54, 1.807) is 0 Å². The first-order valence-corrected chi connectivity index (χ1v) is 6.19. The van der Waals surface area contributed by atoms with E-state index in [-0.39, 0.29) is 16.9 Å². The molecule has 2 aliphatic rings. The number of carbonyl (C=O) groups excluding carboxylic acids is 2. The third-order valence-corrected chi connectivity index (χ3v) is 2.78. The molecule has 0 aromatic carbocycles. The molecule has 2 unspecified atom stereocenters. The smallest absolute Gasteiger partial charge is 0.400 e. The van der Waals surface area contributed by atoms with Crippen LogP contribution in [-0.2, 0) is 14.4 Å². The number of nitrogens with zero attached hydrogens (tertiary/aromatic N) is 1. The fourth-order valence-corrected chi connectivity index (χ4v) is 1.88. The minimum atomic E-state index is -0.426. The summed E-state index contributed by atoms with van der Waals surface area (Å²) in [7, 11) is 1.00. The SMILES string of the molecule is CC(C)OCC1CC[N+]2(C=CC(=O)NC2=O)O1.CO. The van der Waals surface area contributed by atoms with Crippen molar-refractivity contribution in [3.8, 4) is 0 Å². The standard InChI is InChI=1S/C11H16N2O4.CH4O/c1-8(2)16-7-9-3-5-13(17-9)6-4-10(14)12-11(13)15;1-2/h4,6,8-9H,3,5,7H2,1-2H3;2H,1H3/p+1. The number of aliphatic hydroxyl groups excluding tert-OH is 1. The molecule has 0 aliphatic carbocycles. The summed E-state index contributed by atoms with van der Waals surface area (Å²) in [5.74, 6) is -0.399. The van der Waals surface area contributed by atoms with Gasteiger partial charge in [0.25, 0.3) is 5.91 Å². The van der Waals surface area contributed by atoms with Crippen molar-refractivity contribution in [3.05, 3.63) is 12.3 Å². The van der Waals surface area contributed by atoms with Gasteiger partial charge < -0.3 is 9.84 Å². The Morgan fingerprint density at radius 3 is 2.79 bits per heavy atom. The molecular weight excluding hydrogens is 252 g/mol. The molecule has 0 saturated carbocycles. The van der Waals surface area contributed by atoms with Crippen molar-refractivity contribution in [3.63, 3.8) is 0 Å². The van der Waals surface area contributed by atoms with Crippen molar-refractivity contribution < 1.29 is 28.9 Å². The zero-order valence-corrected chi connectivity index (χ0v) is 11.5. The van der Waals surface area contributed by atoms with E-state index in [1.165, 1.54) is 12.3 Å². The molecule has 2 rings (SSSR count). The predicted molar refractivity (Wildman–Crippen MR) is 66.5 cm³/mol. The lowest BCUT2D eigenvalue weighted by Gasteiger charge is -2.25. The normalized spacial score (nSPS) is 29.4. The Kier molecular flexibility index (Phi) is 5.61. The summed E-state index contributed by atoms with van der Waals surface area (Å²) >= 11 is 0. The second-order valence-electron chi connectivity index (χ2n) is 4.53. The molecule has 0 aromatic heterocycles. The van der Waals surface area contributed by atoms with Crippen molar-refractivity contribution >= 4 is 11.9 Å². The Bertz CT molecular complexity index is 369. The van der Waals surface area contributed by atoms with Crippen LogP contribution in [0.25, 0.3) is 0 Å². The van der Waals surface area contributed by atoms with Crippen molar-refractivity contribution in [1.82, 2.24) is 5.32 Å². The highest BCUT2D eigenvalue weighted by Gasteiger charge is 2.48. The average molecular weight is 273 g/mol. The predicted octanol–water partition coefficient (Wildman–Crippen LogP) is 0.304. The zero-order valence-electron chi connectivity index (χ0n) is 11.5. The molecular formula is C12H21N2O5+. The highest BCUT2D eigenvalue weighted by Crippen LogP contribution is 2.26. The zero-order chi connectivity index (χ0) is 14.5. The molecule has 2 N–H and O–H groups in total. The molecule has 3 amide bonds. The van der Waals surface area contributed by atoms with Crippen LogP contribution >= 0.6 is 0 Å². The molecule has 2 heterocycles. The summed E-state index contributed by atoms with van der Waals surface area (Å²) in [5, 5.41) is 9.24. The van der Waals surface area contributed by atoms with Gasteiger partial charge in [0.05, 0.1) is 18.8 Å². The van der Waals surface area contributed by atoms with E-state index in [4.69, 9.17) is 14.7 Å². The number of nitrogens with one attached hydrogen (secondary N) is 1. The monoisotopic (exact) mass is 273 g/mol. The van der Waals surface area contributed by atoms with Gasteiger partial charge in [-0.15, -0.1) is 0 Å². The number of imide groups is 1. The summed E-state index contributed by atoms with van der Waals surface area (Å²) in [6.45, 7) is 4.89. The molecule has 7 nitrogen and oxygen atoms in total. The van der Waals surface area contributed by atoms with Crippen LogP contribution < -0.4 is 5.32 Å². The molecule has 0 aromatic rings. The number of carbonyl (C=O) groups is 2. The van der Waals surface area contributed by atoms with Crippen LogP contribution in [0.1, 0.15) is 20.3 Å². The van der Waals surface area contributed by atoms with E-state index in [9.17, 15) is 9.59 Å². The van der Waals surface area contributed by atoms with Crippen LogP contribution in [0.2, 0.25) is 0 Å². The second kappa shape index (κ2) is 6.76. The van der Waals surface area contributed by atoms with E-state index in [0.717, 1.165) is 13.5 Å². The van der Waals surface area contributed by atoms with Gasteiger partial charge in [0, 0.05) is 13.5 Å². The van der Waals surface area contributed by atoms with Gasteiger partial charge >= 0.3 is 6.03 Å². The van der Waals surface area contributed by atoms with Crippen LogP contribution in [0.5, 0.6) is 0 Å². The second-order valence-corrected chi connectivity index (χ2v) is 4.53. The van der Waals surface area contributed by atoms with Crippen LogP contribution in [0.15, 0.2) is 12.3 Å². The molecule has 0 radical (unpaired) electrons. The maximum atomic E-state index is 11.7. The molecule has 2 aliphatic heterocycles. The lowest BCUT2D eigenvalue weighted by Crippen LogP contribution is -2.55. The average Bonchev–Trinajstić information content (AvgIpc) is 2.80. The van der Waals surface area contributed by atoms with Gasteiger partial charge in [-0.05, 0) is 13.8 Å². The molecule has 1 saturated heterocycles. The molecule has 108 valence electrons. The van der Waals surface area contributed by atoms with Gasteiger partial charge in [0.1, 0.15) is 18.8 Å². The quantitative estimate of drug-likeness (QED) is 0.723. The van der Waals surface area contributed by atoms with Gasteiger partial charge in [-0.3, -0.25) is 4.79 Å². The lowest BCUT2D eigenvalue weighted by atomic mass is 10.3. The Morgan fingerprint density at radius 2 is 2.21 bits per heavy atom. The summed E-state index contributed by atoms with van der Waals surface area (Å²) in [6, 6.07) is -0.426. The minimum absolute atomic E-state index is 0.110. The number of quaternary nitrogens is 1. The first-order valence-electron chi connectivity index (χ1n) is 6.19. The summed E-state index contributed by atoms with van der Waals surface area (Å²) < 4.78 is 5.21. The van der Waals surface area contributed by atoms with E-state index in [1.807, 2.05) is 13.8 Å². The van der Waals surface area contributed by atoms with E-state index < -0.39 is 11.9 Å². The number of ether oxygens (including phenoxy) is 1. The van der Waals surface area contributed by atoms with E-state index in [0.29, 0.717) is 13.2 Å². The Balaban J connectivity index is 0.000000861. The molecule has 1 spiro atoms. The number of urea groups is 1. The maximum Gasteiger partial charge on any atom is 0.460 e. The van der Waals surface area contributed by atoms with Gasteiger partial charge in [0.15, 0.2) is 0 Å². The topological polar surface area (TPSA) is 84.9 Å². The van der Waals surface area contributed by atoms with Crippen molar-refractivity contribution in [1.29, 1.82) is 0 Å². The van der Waals surface area contributed by atoms with Crippen LogP contribution in [0.3, 0.4) is 0 Å². The maximum absolute atomic E-state index is 11.7. The highest BCUT2D eigenvalue weighted by atomic mass is 16.7. The summed E-state index contributed by atoms with van der Waals surface area (Å²) in [4.78, 5) is 28.4. The van der Waals surface area contributed by atoms with Crippen LogP contribution in [0, 0.1) is 0 Å². The van der Waals surface area contributed by atoms with E-state index in [2.05, 4.69) is 5.32 Å². The first-order chi connectivity index (χ1) is 9.02. The number of hydroxylamine groups is 3. The molecule has 2 atom stereocenters. The third kappa shape index (κ3) is 3.84.